The molecule has 0 fully saturated rings. The molecule has 0 aliphatic carbocycles. The Hall–Kier alpha value is -0.480. The van der Waals surface area contributed by atoms with E-state index < -0.39 is 0 Å². The first-order valence-corrected chi connectivity index (χ1v) is 5.81. The van der Waals surface area contributed by atoms with Crippen LogP contribution in [0, 0.1) is 0 Å². The molecule has 4 heteroatoms. The van der Waals surface area contributed by atoms with Gasteiger partial charge in [0.2, 0.25) is 0 Å². The molecule has 0 spiro atoms. The van der Waals surface area contributed by atoms with Crippen molar-refractivity contribution in [3.63, 3.8) is 0 Å². The van der Waals surface area contributed by atoms with E-state index >= 15 is 0 Å². The molecule has 12 heavy (non-hydrogen) atoms. The van der Waals surface area contributed by atoms with E-state index in [1.807, 2.05) is 12.1 Å². The minimum Gasteiger partial charge on any atom is -0.487 e. The zero-order valence-electron chi connectivity index (χ0n) is 6.36. The fourth-order valence-corrected chi connectivity index (χ4v) is 2.68. The highest BCUT2D eigenvalue weighted by molar-refractivity contribution is 8.78. The average molecular weight is 200 g/mol. The standard InChI is InChI=1S/C8H8O2S2/c1-3-7(9-5-1)11-12-8-4-2-6-10-8/h1,3-5H,2,6H2. The molecule has 1 aromatic heterocycles. The van der Waals surface area contributed by atoms with Crippen molar-refractivity contribution in [3.8, 4) is 0 Å². The van der Waals surface area contributed by atoms with E-state index in [0.29, 0.717) is 0 Å². The Morgan fingerprint density at radius 3 is 3.00 bits per heavy atom. The van der Waals surface area contributed by atoms with E-state index in [1.165, 1.54) is 0 Å². The number of hydrogen-bond donors (Lipinski definition) is 0. The highest BCUT2D eigenvalue weighted by Gasteiger charge is 2.07. The lowest BCUT2D eigenvalue weighted by Gasteiger charge is -1.98. The van der Waals surface area contributed by atoms with Crippen LogP contribution in [0.2, 0.25) is 0 Å². The quantitative estimate of drug-likeness (QED) is 0.698. The molecule has 0 unspecified atom stereocenters. The molecular weight excluding hydrogens is 192 g/mol. The molecule has 0 saturated carbocycles. The smallest absolute Gasteiger partial charge is 0.170 e. The van der Waals surface area contributed by atoms with Gasteiger partial charge in [-0.2, -0.15) is 0 Å². The maximum atomic E-state index is 5.31. The van der Waals surface area contributed by atoms with Crippen molar-refractivity contribution >= 4 is 21.6 Å². The van der Waals surface area contributed by atoms with Gasteiger partial charge in [-0.05, 0) is 39.8 Å². The zero-order chi connectivity index (χ0) is 8.23. The molecule has 64 valence electrons. The summed E-state index contributed by atoms with van der Waals surface area (Å²) in [4.78, 5) is 0. The van der Waals surface area contributed by atoms with E-state index in [4.69, 9.17) is 9.15 Å². The average Bonchev–Trinajstić information content (AvgIpc) is 2.74. The second-order valence-electron chi connectivity index (χ2n) is 2.26. The largest absolute Gasteiger partial charge is 0.487 e. The van der Waals surface area contributed by atoms with Gasteiger partial charge in [-0.1, -0.05) is 0 Å². The highest BCUT2D eigenvalue weighted by atomic mass is 33.1. The number of hydrogen-bond acceptors (Lipinski definition) is 4. The van der Waals surface area contributed by atoms with Crippen molar-refractivity contribution in [2.75, 3.05) is 6.61 Å². The van der Waals surface area contributed by atoms with Crippen LogP contribution in [0.25, 0.3) is 0 Å². The molecule has 0 amide bonds. The Kier molecular flexibility index (Phi) is 2.68. The summed E-state index contributed by atoms with van der Waals surface area (Å²) in [6, 6.07) is 3.82. The van der Waals surface area contributed by atoms with Crippen molar-refractivity contribution < 1.29 is 9.15 Å². The van der Waals surface area contributed by atoms with Crippen molar-refractivity contribution in [2.24, 2.45) is 0 Å². The molecule has 0 saturated heterocycles. The van der Waals surface area contributed by atoms with Crippen LogP contribution in [0.3, 0.4) is 0 Å². The number of furan rings is 1. The predicted octanol–water partition coefficient (Wildman–Crippen LogP) is 3.28. The topological polar surface area (TPSA) is 22.4 Å². The molecule has 1 aliphatic heterocycles. The molecule has 0 N–H and O–H groups in total. The van der Waals surface area contributed by atoms with Crippen LogP contribution >= 0.6 is 21.6 Å². The lowest BCUT2D eigenvalue weighted by molar-refractivity contribution is 0.271. The van der Waals surface area contributed by atoms with Crippen LogP contribution in [0.1, 0.15) is 6.42 Å². The molecule has 0 radical (unpaired) electrons. The third kappa shape index (κ3) is 2.01. The maximum Gasteiger partial charge on any atom is 0.170 e. The minimum absolute atomic E-state index is 0.820. The molecule has 0 atom stereocenters. The third-order valence-corrected chi connectivity index (χ3v) is 3.54. The summed E-state index contributed by atoms with van der Waals surface area (Å²) < 4.78 is 10.5. The van der Waals surface area contributed by atoms with Gasteiger partial charge in [0.05, 0.1) is 12.9 Å². The van der Waals surface area contributed by atoms with Crippen molar-refractivity contribution in [3.05, 3.63) is 29.6 Å². The summed E-state index contributed by atoms with van der Waals surface area (Å²) in [6.07, 6.45) is 4.80. The van der Waals surface area contributed by atoms with Crippen LogP contribution in [0.4, 0.5) is 0 Å². The zero-order valence-corrected chi connectivity index (χ0v) is 7.99. The molecule has 1 aliphatic rings. The molecule has 2 heterocycles. The van der Waals surface area contributed by atoms with Crippen LogP contribution in [-0.2, 0) is 4.74 Å². The number of ether oxygens (including phenoxy) is 1. The first-order valence-electron chi connectivity index (χ1n) is 3.66. The fourth-order valence-electron chi connectivity index (χ4n) is 0.846. The summed E-state index contributed by atoms with van der Waals surface area (Å²) in [7, 11) is 3.18. The van der Waals surface area contributed by atoms with E-state index in [-0.39, 0.29) is 0 Å². The van der Waals surface area contributed by atoms with E-state index in [2.05, 4.69) is 6.08 Å². The Morgan fingerprint density at radius 2 is 2.33 bits per heavy atom. The van der Waals surface area contributed by atoms with Gasteiger partial charge in [0.1, 0.15) is 0 Å². The number of rotatable bonds is 3. The van der Waals surface area contributed by atoms with Gasteiger partial charge >= 0.3 is 0 Å². The van der Waals surface area contributed by atoms with Crippen molar-refractivity contribution in [2.45, 2.75) is 11.5 Å². The monoisotopic (exact) mass is 200 g/mol. The minimum atomic E-state index is 0.820. The van der Waals surface area contributed by atoms with E-state index in [1.54, 1.807) is 27.9 Å². The van der Waals surface area contributed by atoms with Crippen molar-refractivity contribution in [1.29, 1.82) is 0 Å². The van der Waals surface area contributed by atoms with Gasteiger partial charge in [-0.15, -0.1) is 0 Å². The second-order valence-corrected chi connectivity index (χ2v) is 4.40. The highest BCUT2D eigenvalue weighted by Crippen LogP contribution is 2.38. The fraction of sp³-hybridized carbons (Fsp3) is 0.250. The summed E-state index contributed by atoms with van der Waals surface area (Å²) in [5.41, 5.74) is 0. The van der Waals surface area contributed by atoms with E-state index in [9.17, 15) is 0 Å². The maximum absolute atomic E-state index is 5.31. The Morgan fingerprint density at radius 1 is 1.33 bits per heavy atom. The Balaban J connectivity index is 1.82. The lowest BCUT2D eigenvalue weighted by atomic mass is 10.5. The van der Waals surface area contributed by atoms with Crippen molar-refractivity contribution in [1.82, 2.24) is 0 Å². The predicted molar refractivity (Wildman–Crippen MR) is 50.8 cm³/mol. The first kappa shape index (κ1) is 8.13. The van der Waals surface area contributed by atoms with E-state index in [0.717, 1.165) is 23.2 Å². The summed E-state index contributed by atoms with van der Waals surface area (Å²) in [5, 5.41) is 1.91. The van der Waals surface area contributed by atoms with Gasteiger partial charge < -0.3 is 9.15 Å². The molecule has 1 aromatic rings. The van der Waals surface area contributed by atoms with Crippen LogP contribution in [0.15, 0.2) is 39.1 Å². The third-order valence-electron chi connectivity index (χ3n) is 1.37. The van der Waals surface area contributed by atoms with Crippen LogP contribution in [-0.4, -0.2) is 6.61 Å². The SMILES string of the molecule is C1=C(SSc2ccco2)OCC1. The molecular formula is C8H8O2S2. The van der Waals surface area contributed by atoms with Gasteiger partial charge in [0.25, 0.3) is 0 Å². The van der Waals surface area contributed by atoms with Crippen LogP contribution < -0.4 is 0 Å². The second kappa shape index (κ2) is 3.96. The molecule has 0 bridgehead atoms. The van der Waals surface area contributed by atoms with Gasteiger partial charge in [-0.3, -0.25) is 0 Å². The van der Waals surface area contributed by atoms with Gasteiger partial charge in [0, 0.05) is 6.42 Å². The normalized spacial score (nSPS) is 15.8. The Labute approximate surface area is 78.7 Å². The molecule has 0 aromatic carbocycles. The lowest BCUT2D eigenvalue weighted by Crippen LogP contribution is -1.77. The molecule has 2 rings (SSSR count). The molecule has 2 nitrogen and oxygen atoms in total. The van der Waals surface area contributed by atoms with Crippen LogP contribution in [0.5, 0.6) is 0 Å². The van der Waals surface area contributed by atoms with Gasteiger partial charge in [0.15, 0.2) is 10.2 Å². The summed E-state index contributed by atoms with van der Waals surface area (Å²) >= 11 is 0. The summed E-state index contributed by atoms with van der Waals surface area (Å²) in [5.74, 6) is 0. The Bertz CT molecular complexity index is 267. The van der Waals surface area contributed by atoms with Gasteiger partial charge in [-0.25, -0.2) is 0 Å². The first-order chi connectivity index (χ1) is 5.95. The summed E-state index contributed by atoms with van der Waals surface area (Å²) in [6.45, 7) is 0.820.